The van der Waals surface area contributed by atoms with E-state index in [4.69, 9.17) is 44.8 Å². The van der Waals surface area contributed by atoms with E-state index in [1.807, 2.05) is 6.07 Å². The fourth-order valence-electron chi connectivity index (χ4n) is 1.75. The molecule has 6 heteroatoms. The quantitative estimate of drug-likeness (QED) is 0.762. The molecule has 0 amide bonds. The summed E-state index contributed by atoms with van der Waals surface area (Å²) < 4.78 is 5.26. The summed E-state index contributed by atoms with van der Waals surface area (Å²) in [6, 6.07) is 8.82. The minimum atomic E-state index is 0.214. The van der Waals surface area contributed by atoms with Crippen LogP contribution in [0.1, 0.15) is 5.69 Å². The van der Waals surface area contributed by atoms with Crippen LogP contribution in [0.4, 0.5) is 0 Å². The van der Waals surface area contributed by atoms with Gasteiger partial charge >= 0.3 is 0 Å². The molecule has 0 aliphatic heterocycles. The number of aromatic nitrogens is 1. The number of nitriles is 1. The van der Waals surface area contributed by atoms with Crippen LogP contribution in [-0.2, 0) is 6.42 Å². The molecule has 0 unspecified atom stereocenters. The van der Waals surface area contributed by atoms with Gasteiger partial charge in [-0.15, -0.1) is 0 Å². The van der Waals surface area contributed by atoms with Crippen molar-refractivity contribution in [2.24, 2.45) is 0 Å². The molecule has 0 aliphatic carbocycles. The highest BCUT2D eigenvalue weighted by atomic mass is 35.5. The molecule has 2 rings (SSSR count). The van der Waals surface area contributed by atoms with E-state index < -0.39 is 0 Å². The van der Waals surface area contributed by atoms with Crippen molar-refractivity contribution in [3.63, 3.8) is 0 Å². The van der Waals surface area contributed by atoms with E-state index in [1.54, 1.807) is 24.3 Å². The molecule has 20 heavy (non-hydrogen) atoms. The highest BCUT2D eigenvalue weighted by Crippen LogP contribution is 2.38. The van der Waals surface area contributed by atoms with Crippen LogP contribution in [0.5, 0.6) is 5.88 Å². The molecule has 0 spiro atoms. The number of hydrogen-bond acceptors (Lipinski definition) is 3. The van der Waals surface area contributed by atoms with Gasteiger partial charge in [0.25, 0.3) is 0 Å². The summed E-state index contributed by atoms with van der Waals surface area (Å²) in [5, 5.41) is 9.93. The van der Waals surface area contributed by atoms with Crippen molar-refractivity contribution in [2.75, 3.05) is 7.11 Å². The molecule has 0 fully saturated rings. The van der Waals surface area contributed by atoms with Gasteiger partial charge in [-0.3, -0.25) is 0 Å². The zero-order chi connectivity index (χ0) is 14.7. The molecule has 0 saturated heterocycles. The van der Waals surface area contributed by atoms with Crippen LogP contribution in [0.25, 0.3) is 11.1 Å². The molecular weight excluding hydrogens is 319 g/mol. The zero-order valence-electron chi connectivity index (χ0n) is 10.5. The molecule has 102 valence electrons. The molecule has 0 aliphatic rings. The first-order chi connectivity index (χ1) is 9.56. The lowest BCUT2D eigenvalue weighted by Gasteiger charge is -2.11. The van der Waals surface area contributed by atoms with Crippen molar-refractivity contribution in [2.45, 2.75) is 6.42 Å². The Morgan fingerprint density at radius 1 is 1.10 bits per heavy atom. The molecular formula is C14H9Cl3N2O. The number of ether oxygens (including phenoxy) is 1. The normalized spacial score (nSPS) is 10.2. The predicted molar refractivity (Wildman–Crippen MR) is 80.6 cm³/mol. The highest BCUT2D eigenvalue weighted by Gasteiger charge is 2.14. The van der Waals surface area contributed by atoms with Crippen LogP contribution >= 0.6 is 34.8 Å². The molecule has 0 bridgehead atoms. The van der Waals surface area contributed by atoms with E-state index in [0.29, 0.717) is 37.8 Å². The summed E-state index contributed by atoms with van der Waals surface area (Å²) in [7, 11) is 1.51. The molecule has 1 heterocycles. The largest absolute Gasteiger partial charge is 0.481 e. The van der Waals surface area contributed by atoms with E-state index >= 15 is 0 Å². The topological polar surface area (TPSA) is 45.9 Å². The maximum atomic E-state index is 8.70. The predicted octanol–water partition coefficient (Wildman–Crippen LogP) is 4.78. The molecule has 1 aromatic carbocycles. The van der Waals surface area contributed by atoms with Gasteiger partial charge in [-0.25, -0.2) is 4.98 Å². The third kappa shape index (κ3) is 2.99. The van der Waals surface area contributed by atoms with Crippen molar-refractivity contribution in [3.8, 4) is 23.1 Å². The van der Waals surface area contributed by atoms with Crippen LogP contribution in [0.2, 0.25) is 15.1 Å². The number of methoxy groups -OCH3 is 1. The first-order valence-corrected chi connectivity index (χ1v) is 6.76. The Morgan fingerprint density at radius 3 is 2.45 bits per heavy atom. The number of halogens is 3. The summed E-state index contributed by atoms with van der Waals surface area (Å²) in [6.07, 6.45) is 0.214. The minimum Gasteiger partial charge on any atom is -0.481 e. The summed E-state index contributed by atoms with van der Waals surface area (Å²) in [4.78, 5) is 4.27. The summed E-state index contributed by atoms with van der Waals surface area (Å²) >= 11 is 18.1. The van der Waals surface area contributed by atoms with Gasteiger partial charge in [-0.2, -0.15) is 5.26 Å². The monoisotopic (exact) mass is 326 g/mol. The van der Waals surface area contributed by atoms with Crippen molar-refractivity contribution < 1.29 is 4.74 Å². The Bertz CT molecular complexity index is 696. The Labute approximate surface area is 131 Å². The number of nitrogens with zero attached hydrogens (tertiary/aromatic N) is 2. The summed E-state index contributed by atoms with van der Waals surface area (Å²) in [5.74, 6) is 0.387. The molecule has 1 aromatic heterocycles. The van der Waals surface area contributed by atoms with Crippen molar-refractivity contribution in [1.29, 1.82) is 5.26 Å². The van der Waals surface area contributed by atoms with E-state index in [9.17, 15) is 0 Å². The number of rotatable bonds is 3. The number of hydrogen-bond donors (Lipinski definition) is 0. The lowest BCUT2D eigenvalue weighted by Crippen LogP contribution is -1.96. The van der Waals surface area contributed by atoms with Crippen LogP contribution in [0, 0.1) is 11.3 Å². The third-order valence-corrected chi connectivity index (χ3v) is 3.71. The van der Waals surface area contributed by atoms with Gasteiger partial charge in [-0.1, -0.05) is 34.8 Å². The molecule has 0 atom stereocenters. The Hall–Kier alpha value is -1.47. The van der Waals surface area contributed by atoms with Crippen LogP contribution < -0.4 is 4.74 Å². The van der Waals surface area contributed by atoms with Gasteiger partial charge in [0, 0.05) is 11.1 Å². The molecule has 2 aromatic rings. The Kier molecular flexibility index (Phi) is 4.72. The van der Waals surface area contributed by atoms with E-state index in [1.165, 1.54) is 7.11 Å². The average Bonchev–Trinajstić information content (AvgIpc) is 2.43. The standard InChI is InChI=1S/C14H9Cl3N2O/c1-20-14-9(3-2-8(19-14)4-5-18)10-6-12(16)13(17)7-11(10)15/h2-3,6-7H,4H2,1H3. The van der Waals surface area contributed by atoms with Gasteiger partial charge in [0.1, 0.15) is 0 Å². The van der Waals surface area contributed by atoms with Gasteiger partial charge in [0.2, 0.25) is 5.88 Å². The second-order valence-corrected chi connectivity index (χ2v) is 5.16. The summed E-state index contributed by atoms with van der Waals surface area (Å²) in [6.45, 7) is 0. The fourth-order valence-corrected chi connectivity index (χ4v) is 2.40. The van der Waals surface area contributed by atoms with E-state index in [0.717, 1.165) is 0 Å². The second kappa shape index (κ2) is 6.32. The van der Waals surface area contributed by atoms with Gasteiger partial charge in [0.05, 0.1) is 40.4 Å². The third-order valence-electron chi connectivity index (χ3n) is 2.67. The van der Waals surface area contributed by atoms with E-state index in [-0.39, 0.29) is 6.42 Å². The fraction of sp³-hybridized carbons (Fsp3) is 0.143. The van der Waals surface area contributed by atoms with Crippen molar-refractivity contribution >= 4 is 34.8 Å². The minimum absolute atomic E-state index is 0.214. The number of pyridine rings is 1. The lowest BCUT2D eigenvalue weighted by atomic mass is 10.1. The Morgan fingerprint density at radius 2 is 1.80 bits per heavy atom. The summed E-state index contributed by atoms with van der Waals surface area (Å²) in [5.41, 5.74) is 2.00. The lowest BCUT2D eigenvalue weighted by molar-refractivity contribution is 0.398. The molecule has 0 radical (unpaired) electrons. The van der Waals surface area contributed by atoms with Crippen LogP contribution in [0.3, 0.4) is 0 Å². The SMILES string of the molecule is COc1nc(CC#N)ccc1-c1cc(Cl)c(Cl)cc1Cl. The maximum absolute atomic E-state index is 8.70. The Balaban J connectivity index is 2.58. The maximum Gasteiger partial charge on any atom is 0.221 e. The molecule has 0 N–H and O–H groups in total. The first kappa shape index (κ1) is 14.9. The van der Waals surface area contributed by atoms with Gasteiger partial charge < -0.3 is 4.74 Å². The van der Waals surface area contributed by atoms with E-state index in [2.05, 4.69) is 4.98 Å². The van der Waals surface area contributed by atoms with Crippen LogP contribution in [0.15, 0.2) is 24.3 Å². The van der Waals surface area contributed by atoms with Crippen molar-refractivity contribution in [3.05, 3.63) is 45.0 Å². The number of benzene rings is 1. The smallest absolute Gasteiger partial charge is 0.221 e. The molecule has 0 saturated carbocycles. The first-order valence-electron chi connectivity index (χ1n) is 5.62. The highest BCUT2D eigenvalue weighted by molar-refractivity contribution is 6.44. The van der Waals surface area contributed by atoms with Gasteiger partial charge in [-0.05, 0) is 24.3 Å². The zero-order valence-corrected chi connectivity index (χ0v) is 12.7. The van der Waals surface area contributed by atoms with Crippen LogP contribution in [-0.4, -0.2) is 12.1 Å². The molecule has 3 nitrogen and oxygen atoms in total. The second-order valence-electron chi connectivity index (χ2n) is 3.94. The van der Waals surface area contributed by atoms with Gasteiger partial charge in [0.15, 0.2) is 0 Å². The van der Waals surface area contributed by atoms with Crippen molar-refractivity contribution in [1.82, 2.24) is 4.98 Å². The average molecular weight is 328 g/mol.